The zero-order valence-electron chi connectivity index (χ0n) is 19.7. The summed E-state index contributed by atoms with van der Waals surface area (Å²) >= 11 is 6.11. The average molecular weight is 522 g/mol. The number of phenolic OH excluding ortho intramolecular Hbond substituents is 1. The molecule has 4 aromatic rings. The maximum absolute atomic E-state index is 13.1. The second-order valence-electron chi connectivity index (χ2n) is 8.69. The highest BCUT2D eigenvalue weighted by molar-refractivity contribution is 7.91. The lowest BCUT2D eigenvalue weighted by molar-refractivity contribution is 0.109. The van der Waals surface area contributed by atoms with Crippen LogP contribution < -0.4 is 0 Å². The number of sulfone groups is 1. The van der Waals surface area contributed by atoms with Gasteiger partial charge in [-0.05, 0) is 65.6 Å². The van der Waals surface area contributed by atoms with Crippen molar-refractivity contribution in [1.29, 1.82) is 0 Å². The van der Waals surface area contributed by atoms with Crippen LogP contribution in [0.4, 0.5) is 0 Å². The molecule has 186 valence electrons. The minimum atomic E-state index is -3.76. The summed E-state index contributed by atoms with van der Waals surface area (Å²) in [4.78, 5) is 2.38. The predicted octanol–water partition coefficient (Wildman–Crippen LogP) is 5.66. The lowest BCUT2D eigenvalue weighted by Gasteiger charge is -2.26. The van der Waals surface area contributed by atoms with Gasteiger partial charge in [-0.15, -0.1) is 0 Å². The Morgan fingerprint density at radius 2 is 1.44 bits per heavy atom. The van der Waals surface area contributed by atoms with Crippen LogP contribution in [0.2, 0.25) is 5.02 Å². The van der Waals surface area contributed by atoms with Crippen molar-refractivity contribution in [3.63, 3.8) is 0 Å². The zero-order valence-corrected chi connectivity index (χ0v) is 21.2. The second-order valence-corrected chi connectivity index (χ2v) is 11.1. The van der Waals surface area contributed by atoms with Gasteiger partial charge in [0.2, 0.25) is 9.84 Å². The van der Waals surface area contributed by atoms with Crippen LogP contribution in [-0.4, -0.2) is 36.6 Å². The summed E-state index contributed by atoms with van der Waals surface area (Å²) in [5, 5.41) is 21.2. The fraction of sp³-hybridized carbons (Fsp3) is 0.172. The third-order valence-corrected chi connectivity index (χ3v) is 7.95. The number of halogens is 1. The molecule has 0 bridgehead atoms. The first-order valence-corrected chi connectivity index (χ1v) is 13.5. The standard InChI is InChI=1S/C29H28ClNO4S/c30-25-11-5-10-24(18-25)29(33)21-31(20-23-7-2-1-3-8-23)16-15-22-9-4-13-27(17-22)36(34,35)28-14-6-12-26(32)19-28/h1-14,17-19,29,32-33H,15-16,20-21H2/t29-/m1/s1. The highest BCUT2D eigenvalue weighted by Gasteiger charge is 2.19. The molecule has 0 radical (unpaired) electrons. The van der Waals surface area contributed by atoms with E-state index in [2.05, 4.69) is 4.90 Å². The summed E-state index contributed by atoms with van der Waals surface area (Å²) in [5.41, 5.74) is 2.74. The third kappa shape index (κ3) is 6.74. The van der Waals surface area contributed by atoms with Crippen molar-refractivity contribution in [2.45, 2.75) is 28.9 Å². The highest BCUT2D eigenvalue weighted by atomic mass is 35.5. The Morgan fingerprint density at radius 3 is 2.17 bits per heavy atom. The zero-order chi connectivity index (χ0) is 25.5. The number of nitrogens with zero attached hydrogens (tertiary/aromatic N) is 1. The second kappa shape index (κ2) is 11.7. The largest absolute Gasteiger partial charge is 0.508 e. The molecule has 0 aliphatic heterocycles. The molecule has 0 aromatic heterocycles. The van der Waals surface area contributed by atoms with Crippen molar-refractivity contribution in [1.82, 2.24) is 4.90 Å². The molecular weight excluding hydrogens is 494 g/mol. The first-order chi connectivity index (χ1) is 17.3. The Labute approximate surface area is 217 Å². The van der Waals surface area contributed by atoms with Crippen molar-refractivity contribution < 1.29 is 18.6 Å². The number of benzene rings is 4. The van der Waals surface area contributed by atoms with Crippen LogP contribution >= 0.6 is 11.6 Å². The molecule has 0 saturated carbocycles. The predicted molar refractivity (Wildman–Crippen MR) is 142 cm³/mol. The molecule has 2 N–H and O–H groups in total. The molecule has 7 heteroatoms. The Hall–Kier alpha value is -3.16. The van der Waals surface area contributed by atoms with Gasteiger partial charge >= 0.3 is 0 Å². The van der Waals surface area contributed by atoms with Crippen molar-refractivity contribution in [2.75, 3.05) is 13.1 Å². The number of rotatable bonds is 10. The molecule has 5 nitrogen and oxygen atoms in total. The summed E-state index contributed by atoms with van der Waals surface area (Å²) in [5.74, 6) is -0.0953. The molecule has 0 amide bonds. The molecule has 0 saturated heterocycles. The normalized spacial score (nSPS) is 12.5. The van der Waals surface area contributed by atoms with Crippen LogP contribution in [0.25, 0.3) is 0 Å². The number of aliphatic hydroxyl groups is 1. The number of aromatic hydroxyl groups is 1. The Morgan fingerprint density at radius 1 is 0.778 bits per heavy atom. The Balaban J connectivity index is 1.52. The van der Waals surface area contributed by atoms with E-state index in [0.29, 0.717) is 31.1 Å². The van der Waals surface area contributed by atoms with E-state index in [1.165, 1.54) is 24.3 Å². The molecule has 0 fully saturated rings. The van der Waals surface area contributed by atoms with Gasteiger partial charge in [0.05, 0.1) is 15.9 Å². The summed E-state index contributed by atoms with van der Waals surface area (Å²) in [7, 11) is -3.76. The van der Waals surface area contributed by atoms with E-state index in [4.69, 9.17) is 11.6 Å². The summed E-state index contributed by atoms with van der Waals surface area (Å²) in [6, 6.07) is 29.8. The minimum absolute atomic E-state index is 0.0509. The van der Waals surface area contributed by atoms with Gasteiger partial charge in [0.1, 0.15) is 5.75 Å². The molecule has 0 aliphatic carbocycles. The number of hydrogen-bond acceptors (Lipinski definition) is 5. The third-order valence-electron chi connectivity index (χ3n) is 5.97. The number of hydrogen-bond donors (Lipinski definition) is 2. The molecule has 1 atom stereocenters. The van der Waals surface area contributed by atoms with Gasteiger partial charge in [-0.1, -0.05) is 72.3 Å². The van der Waals surface area contributed by atoms with Crippen LogP contribution in [-0.2, 0) is 22.8 Å². The SMILES string of the molecule is O=S(=O)(c1cccc(O)c1)c1cccc(CCN(Cc2ccccc2)C[C@@H](O)c2cccc(Cl)c2)c1. The van der Waals surface area contributed by atoms with Gasteiger partial charge in [0.15, 0.2) is 0 Å². The fourth-order valence-corrected chi connectivity index (χ4v) is 5.65. The molecule has 0 spiro atoms. The van der Waals surface area contributed by atoms with Crippen molar-refractivity contribution >= 4 is 21.4 Å². The smallest absolute Gasteiger partial charge is 0.206 e. The van der Waals surface area contributed by atoms with E-state index < -0.39 is 15.9 Å². The minimum Gasteiger partial charge on any atom is -0.508 e. The molecular formula is C29H28ClNO4S. The van der Waals surface area contributed by atoms with Gasteiger partial charge in [-0.2, -0.15) is 0 Å². The van der Waals surface area contributed by atoms with Crippen molar-refractivity contribution in [3.8, 4) is 5.75 Å². The summed E-state index contributed by atoms with van der Waals surface area (Å²) < 4.78 is 26.2. The molecule has 4 aromatic carbocycles. The molecule has 0 unspecified atom stereocenters. The van der Waals surface area contributed by atoms with Gasteiger partial charge in [0.25, 0.3) is 0 Å². The summed E-state index contributed by atoms with van der Waals surface area (Å²) in [6.45, 7) is 1.65. The van der Waals surface area contributed by atoms with Crippen LogP contribution in [0, 0.1) is 0 Å². The van der Waals surface area contributed by atoms with Crippen molar-refractivity contribution in [3.05, 3.63) is 125 Å². The lowest BCUT2D eigenvalue weighted by atomic mass is 10.1. The van der Waals surface area contributed by atoms with Crippen LogP contribution in [0.3, 0.4) is 0 Å². The van der Waals surface area contributed by atoms with Crippen LogP contribution in [0.1, 0.15) is 22.8 Å². The molecule has 4 rings (SSSR count). The summed E-state index contributed by atoms with van der Waals surface area (Å²) in [6.07, 6.45) is -0.122. The number of aliphatic hydroxyl groups excluding tert-OH is 1. The molecule has 0 heterocycles. The first-order valence-electron chi connectivity index (χ1n) is 11.6. The topological polar surface area (TPSA) is 77.8 Å². The van der Waals surface area contributed by atoms with Gasteiger partial charge in [-0.25, -0.2) is 8.42 Å². The maximum atomic E-state index is 13.1. The van der Waals surface area contributed by atoms with E-state index in [-0.39, 0.29) is 15.5 Å². The van der Waals surface area contributed by atoms with Crippen LogP contribution in [0.15, 0.2) is 113 Å². The molecule has 0 aliphatic rings. The van der Waals surface area contributed by atoms with Crippen LogP contribution in [0.5, 0.6) is 5.75 Å². The van der Waals surface area contributed by atoms with Gasteiger partial charge in [0, 0.05) is 24.7 Å². The average Bonchev–Trinajstić information content (AvgIpc) is 2.88. The van der Waals surface area contributed by atoms with E-state index >= 15 is 0 Å². The quantitative estimate of drug-likeness (QED) is 0.282. The van der Waals surface area contributed by atoms with E-state index in [0.717, 1.165) is 16.7 Å². The number of phenols is 1. The van der Waals surface area contributed by atoms with Gasteiger partial charge in [-0.3, -0.25) is 4.90 Å². The van der Waals surface area contributed by atoms with E-state index in [9.17, 15) is 18.6 Å². The Bertz CT molecular complexity index is 1410. The maximum Gasteiger partial charge on any atom is 0.206 e. The monoisotopic (exact) mass is 521 g/mol. The Kier molecular flexibility index (Phi) is 8.44. The fourth-order valence-electron chi connectivity index (χ4n) is 4.08. The van der Waals surface area contributed by atoms with E-state index in [1.807, 2.05) is 48.5 Å². The van der Waals surface area contributed by atoms with Crippen molar-refractivity contribution in [2.24, 2.45) is 0 Å². The van der Waals surface area contributed by atoms with Gasteiger partial charge < -0.3 is 10.2 Å². The first kappa shape index (κ1) is 25.9. The lowest BCUT2D eigenvalue weighted by Crippen LogP contribution is -2.30. The van der Waals surface area contributed by atoms with E-state index in [1.54, 1.807) is 30.3 Å². The molecule has 36 heavy (non-hydrogen) atoms. The highest BCUT2D eigenvalue weighted by Crippen LogP contribution is 2.25.